The molecule has 0 atom stereocenters. The van der Waals surface area contributed by atoms with Gasteiger partial charge in [-0.1, -0.05) is 24.3 Å². The highest BCUT2D eigenvalue weighted by atomic mass is 16.5. The Kier molecular flexibility index (Phi) is 5.89. The lowest BCUT2D eigenvalue weighted by molar-refractivity contribution is 0.355. The molecule has 0 saturated carbocycles. The van der Waals surface area contributed by atoms with Gasteiger partial charge in [-0.25, -0.2) is 4.98 Å². The Morgan fingerprint density at radius 2 is 1.66 bits per heavy atom. The second-order valence-electron chi connectivity index (χ2n) is 7.37. The Morgan fingerprint density at radius 3 is 2.34 bits per heavy atom. The van der Waals surface area contributed by atoms with Gasteiger partial charge in [0.1, 0.15) is 0 Å². The van der Waals surface area contributed by atoms with Gasteiger partial charge in [-0.2, -0.15) is 9.78 Å². The van der Waals surface area contributed by atoms with E-state index in [2.05, 4.69) is 5.10 Å². The number of hydrogen-bond acceptors (Lipinski definition) is 6. The van der Waals surface area contributed by atoms with Crippen LogP contribution in [0.25, 0.3) is 22.3 Å². The monoisotopic (exact) mass is 428 g/mol. The zero-order chi connectivity index (χ0) is 22.7. The summed E-state index contributed by atoms with van der Waals surface area (Å²) in [5, 5.41) is 5.00. The normalized spacial score (nSPS) is 11.1. The maximum absolute atomic E-state index is 13.3. The van der Waals surface area contributed by atoms with E-state index in [0.29, 0.717) is 33.8 Å². The predicted octanol–water partition coefficient (Wildman–Crippen LogP) is 4.03. The lowest BCUT2D eigenvalue weighted by atomic mass is 10.1. The van der Waals surface area contributed by atoms with E-state index in [1.54, 1.807) is 38.6 Å². The number of hydrogen-bond donors (Lipinski definition) is 0. The van der Waals surface area contributed by atoms with Gasteiger partial charge < -0.3 is 14.4 Å². The van der Waals surface area contributed by atoms with Gasteiger partial charge >= 0.3 is 0 Å². The number of aromatic nitrogens is 2. The van der Waals surface area contributed by atoms with Crippen LogP contribution in [0.1, 0.15) is 5.56 Å². The van der Waals surface area contributed by atoms with Gasteiger partial charge in [0.2, 0.25) is 0 Å². The van der Waals surface area contributed by atoms with E-state index in [9.17, 15) is 4.79 Å². The number of benzene rings is 3. The van der Waals surface area contributed by atoms with Gasteiger partial charge in [0.25, 0.3) is 5.56 Å². The average molecular weight is 428 g/mol. The Bertz CT molecular complexity index is 1340. The molecule has 4 aromatic rings. The number of rotatable bonds is 6. The summed E-state index contributed by atoms with van der Waals surface area (Å²) in [7, 11) is 7.11. The van der Waals surface area contributed by atoms with Crippen LogP contribution in [0.15, 0.2) is 76.6 Å². The third kappa shape index (κ3) is 4.05. The summed E-state index contributed by atoms with van der Waals surface area (Å²) in [5.41, 5.74) is 2.99. The summed E-state index contributed by atoms with van der Waals surface area (Å²) in [5.74, 6) is 1.55. The number of anilines is 1. The van der Waals surface area contributed by atoms with Crippen molar-refractivity contribution in [3.63, 3.8) is 0 Å². The van der Waals surface area contributed by atoms with Crippen molar-refractivity contribution in [2.24, 2.45) is 5.10 Å². The molecule has 32 heavy (non-hydrogen) atoms. The fraction of sp³-hybridized carbons (Fsp3) is 0.160. The number of methoxy groups -OCH3 is 2. The Balaban J connectivity index is 1.87. The minimum atomic E-state index is -0.249. The standard InChI is InChI=1S/C25H24N4O3/c1-28(2)19-12-9-17(10-13-19)16-26-29-24(18-11-14-22(31-3)23(15-18)32-4)27-21-8-6-5-7-20(21)25(29)30/h5-16H,1-4H3. The third-order valence-electron chi connectivity index (χ3n) is 5.13. The lowest BCUT2D eigenvalue weighted by Gasteiger charge is -2.13. The first-order valence-electron chi connectivity index (χ1n) is 10.1. The van der Waals surface area contributed by atoms with E-state index >= 15 is 0 Å². The van der Waals surface area contributed by atoms with Crippen molar-refractivity contribution in [1.29, 1.82) is 0 Å². The summed E-state index contributed by atoms with van der Waals surface area (Å²) < 4.78 is 12.1. The molecule has 162 valence electrons. The molecule has 0 aliphatic rings. The van der Waals surface area contributed by atoms with Crippen LogP contribution < -0.4 is 19.9 Å². The summed E-state index contributed by atoms with van der Waals surface area (Å²) in [4.78, 5) is 20.1. The molecule has 0 N–H and O–H groups in total. The Hall–Kier alpha value is -4.13. The first-order valence-corrected chi connectivity index (χ1v) is 10.1. The van der Waals surface area contributed by atoms with Gasteiger partial charge in [0, 0.05) is 25.3 Å². The summed E-state index contributed by atoms with van der Waals surface area (Å²) in [6.45, 7) is 0. The number of para-hydroxylation sites is 1. The van der Waals surface area contributed by atoms with Crippen molar-refractivity contribution >= 4 is 22.8 Å². The fourth-order valence-corrected chi connectivity index (χ4v) is 3.38. The van der Waals surface area contributed by atoms with Crippen LogP contribution in [0.3, 0.4) is 0 Å². The maximum atomic E-state index is 13.3. The molecular formula is C25H24N4O3. The number of nitrogens with zero attached hydrogens (tertiary/aromatic N) is 4. The molecule has 1 heterocycles. The highest BCUT2D eigenvalue weighted by Crippen LogP contribution is 2.31. The molecule has 3 aromatic carbocycles. The van der Waals surface area contributed by atoms with E-state index in [1.165, 1.54) is 4.68 Å². The van der Waals surface area contributed by atoms with Crippen LogP contribution in [0.4, 0.5) is 5.69 Å². The average Bonchev–Trinajstić information content (AvgIpc) is 2.83. The molecule has 0 saturated heterocycles. The van der Waals surface area contributed by atoms with Crippen LogP contribution >= 0.6 is 0 Å². The zero-order valence-corrected chi connectivity index (χ0v) is 18.4. The lowest BCUT2D eigenvalue weighted by Crippen LogP contribution is -2.20. The molecule has 7 heteroatoms. The molecule has 7 nitrogen and oxygen atoms in total. The summed E-state index contributed by atoms with van der Waals surface area (Å²) in [6, 6.07) is 20.5. The number of ether oxygens (including phenoxy) is 2. The second kappa shape index (κ2) is 8.93. The van der Waals surface area contributed by atoms with Gasteiger partial charge in [-0.15, -0.1) is 0 Å². The third-order valence-corrected chi connectivity index (χ3v) is 5.13. The molecule has 1 aromatic heterocycles. The topological polar surface area (TPSA) is 69.0 Å². The fourth-order valence-electron chi connectivity index (χ4n) is 3.38. The Labute approximate surface area is 186 Å². The molecule has 4 rings (SSSR count). The second-order valence-corrected chi connectivity index (χ2v) is 7.37. The van der Waals surface area contributed by atoms with Crippen molar-refractivity contribution in [2.45, 2.75) is 0 Å². The summed E-state index contributed by atoms with van der Waals surface area (Å²) >= 11 is 0. The minimum absolute atomic E-state index is 0.249. The SMILES string of the molecule is COc1ccc(-c2nc3ccccc3c(=O)n2N=Cc2ccc(N(C)C)cc2)cc1OC. The molecule has 0 bridgehead atoms. The zero-order valence-electron chi connectivity index (χ0n) is 18.4. The summed E-state index contributed by atoms with van der Waals surface area (Å²) in [6.07, 6.45) is 1.65. The first kappa shape index (κ1) is 21.1. The van der Waals surface area contributed by atoms with Crippen LogP contribution in [0.2, 0.25) is 0 Å². The predicted molar refractivity (Wildman–Crippen MR) is 128 cm³/mol. The molecule has 0 fully saturated rings. The van der Waals surface area contributed by atoms with Gasteiger partial charge in [-0.3, -0.25) is 4.79 Å². The van der Waals surface area contributed by atoms with Crippen LogP contribution in [-0.2, 0) is 0 Å². The van der Waals surface area contributed by atoms with E-state index < -0.39 is 0 Å². The van der Waals surface area contributed by atoms with Crippen LogP contribution in [-0.4, -0.2) is 44.2 Å². The van der Waals surface area contributed by atoms with Gasteiger partial charge in [0.05, 0.1) is 31.3 Å². The number of fused-ring (bicyclic) bond motifs is 1. The highest BCUT2D eigenvalue weighted by Gasteiger charge is 2.14. The highest BCUT2D eigenvalue weighted by molar-refractivity contribution is 5.82. The molecule has 0 aliphatic heterocycles. The van der Waals surface area contributed by atoms with Crippen molar-refractivity contribution in [3.8, 4) is 22.9 Å². The quantitative estimate of drug-likeness (QED) is 0.434. The van der Waals surface area contributed by atoms with Crippen molar-refractivity contribution in [2.75, 3.05) is 33.2 Å². The molecule has 0 amide bonds. The van der Waals surface area contributed by atoms with Crippen LogP contribution in [0, 0.1) is 0 Å². The smallest absolute Gasteiger partial charge is 0.282 e. The molecule has 0 radical (unpaired) electrons. The van der Waals surface area contributed by atoms with Crippen molar-refractivity contribution < 1.29 is 9.47 Å². The molecule has 0 aliphatic carbocycles. The molecule has 0 unspecified atom stereocenters. The van der Waals surface area contributed by atoms with Crippen LogP contribution in [0.5, 0.6) is 11.5 Å². The van der Waals surface area contributed by atoms with Crippen molar-refractivity contribution in [1.82, 2.24) is 9.66 Å². The van der Waals surface area contributed by atoms with Crippen molar-refractivity contribution in [3.05, 3.63) is 82.6 Å². The maximum Gasteiger partial charge on any atom is 0.282 e. The molecular weight excluding hydrogens is 404 g/mol. The largest absolute Gasteiger partial charge is 0.493 e. The van der Waals surface area contributed by atoms with E-state index in [0.717, 1.165) is 11.3 Å². The van der Waals surface area contributed by atoms with E-state index in [4.69, 9.17) is 14.5 Å². The molecule has 0 spiro atoms. The van der Waals surface area contributed by atoms with Gasteiger partial charge in [-0.05, 0) is 48.0 Å². The minimum Gasteiger partial charge on any atom is -0.493 e. The van der Waals surface area contributed by atoms with Gasteiger partial charge in [0.15, 0.2) is 17.3 Å². The van der Waals surface area contributed by atoms with E-state index in [1.807, 2.05) is 67.5 Å². The van der Waals surface area contributed by atoms with E-state index in [-0.39, 0.29) is 5.56 Å². The first-order chi connectivity index (χ1) is 15.5. The Morgan fingerprint density at radius 1 is 0.938 bits per heavy atom.